The second kappa shape index (κ2) is 6.51. The highest BCUT2D eigenvalue weighted by Crippen LogP contribution is 2.20. The highest BCUT2D eigenvalue weighted by Gasteiger charge is 2.22. The van der Waals surface area contributed by atoms with Crippen molar-refractivity contribution >= 4 is 11.5 Å². The maximum atomic E-state index is 12.2. The molecule has 0 bridgehead atoms. The number of rotatable bonds is 3. The van der Waals surface area contributed by atoms with Crippen LogP contribution in [0.1, 0.15) is 18.5 Å². The lowest BCUT2D eigenvalue weighted by Crippen LogP contribution is -2.39. The molecule has 0 aromatic carbocycles. The molecule has 0 aliphatic carbocycles. The molecule has 0 spiro atoms. The van der Waals surface area contributed by atoms with Crippen LogP contribution in [0.4, 0.5) is 5.82 Å². The van der Waals surface area contributed by atoms with Gasteiger partial charge in [-0.1, -0.05) is 6.07 Å². The van der Waals surface area contributed by atoms with Crippen LogP contribution in [-0.4, -0.2) is 38.5 Å². The average molecular weight is 337 g/mol. The highest BCUT2D eigenvalue weighted by molar-refractivity contribution is 5.48. The van der Waals surface area contributed by atoms with Gasteiger partial charge in [-0.05, 0) is 19.1 Å². The van der Waals surface area contributed by atoms with Crippen molar-refractivity contribution < 1.29 is 4.74 Å². The van der Waals surface area contributed by atoms with E-state index < -0.39 is 0 Å². The molecule has 7 heteroatoms. The minimum absolute atomic E-state index is 0.0611. The van der Waals surface area contributed by atoms with Crippen molar-refractivity contribution in [2.45, 2.75) is 25.9 Å². The number of aromatic nitrogens is 4. The van der Waals surface area contributed by atoms with Gasteiger partial charge in [0, 0.05) is 44.4 Å². The Morgan fingerprint density at radius 2 is 2.00 bits per heavy atom. The Bertz CT molecular complexity index is 947. The van der Waals surface area contributed by atoms with E-state index in [1.54, 1.807) is 29.1 Å². The number of hydrogen-bond acceptors (Lipinski definition) is 6. The van der Waals surface area contributed by atoms with E-state index in [1.165, 1.54) is 0 Å². The Balaban J connectivity index is 1.46. The summed E-state index contributed by atoms with van der Waals surface area (Å²) < 4.78 is 7.48. The summed E-state index contributed by atoms with van der Waals surface area (Å²) in [4.78, 5) is 27.4. The highest BCUT2D eigenvalue weighted by atomic mass is 16.5. The standard InChI is InChI=1S/C18H19N5O2/c1-13-11-19-12-17(20-13)25-14-5-8-22(9-6-14)16-10-18(24)23-7-3-2-4-15(23)21-16/h2-4,7,10-12,14H,5-6,8-9H2,1H3. The summed E-state index contributed by atoms with van der Waals surface area (Å²) in [7, 11) is 0. The molecule has 1 aliphatic rings. The average Bonchev–Trinajstić information content (AvgIpc) is 2.62. The molecule has 3 aromatic heterocycles. The van der Waals surface area contributed by atoms with Crippen molar-refractivity contribution in [2.75, 3.05) is 18.0 Å². The summed E-state index contributed by atoms with van der Waals surface area (Å²) in [5.74, 6) is 1.30. The van der Waals surface area contributed by atoms with Crippen LogP contribution in [0.3, 0.4) is 0 Å². The van der Waals surface area contributed by atoms with E-state index in [2.05, 4.69) is 19.9 Å². The Morgan fingerprint density at radius 3 is 2.80 bits per heavy atom. The summed E-state index contributed by atoms with van der Waals surface area (Å²) >= 11 is 0. The molecule has 1 fully saturated rings. The Labute approximate surface area is 144 Å². The topological polar surface area (TPSA) is 72.6 Å². The van der Waals surface area contributed by atoms with Crippen molar-refractivity contribution in [1.29, 1.82) is 0 Å². The molecule has 3 aromatic rings. The third-order valence-corrected chi connectivity index (χ3v) is 4.34. The molecule has 4 rings (SSSR count). The molecule has 25 heavy (non-hydrogen) atoms. The van der Waals surface area contributed by atoms with Crippen LogP contribution >= 0.6 is 0 Å². The van der Waals surface area contributed by atoms with Gasteiger partial charge in [0.2, 0.25) is 5.88 Å². The zero-order valence-electron chi connectivity index (χ0n) is 14.0. The van der Waals surface area contributed by atoms with Crippen LogP contribution in [0, 0.1) is 6.92 Å². The van der Waals surface area contributed by atoms with Gasteiger partial charge in [-0.2, -0.15) is 0 Å². The van der Waals surface area contributed by atoms with Crippen LogP contribution in [0.25, 0.3) is 5.65 Å². The van der Waals surface area contributed by atoms with Gasteiger partial charge >= 0.3 is 0 Å². The summed E-state index contributed by atoms with van der Waals surface area (Å²) in [5.41, 5.74) is 1.45. The van der Waals surface area contributed by atoms with Gasteiger partial charge in [0.15, 0.2) is 0 Å². The Hall–Kier alpha value is -2.96. The summed E-state index contributed by atoms with van der Waals surface area (Å²) in [6, 6.07) is 7.15. The fraction of sp³-hybridized carbons (Fsp3) is 0.333. The first-order chi connectivity index (χ1) is 12.2. The number of fused-ring (bicyclic) bond motifs is 1. The van der Waals surface area contributed by atoms with Crippen LogP contribution in [0.2, 0.25) is 0 Å². The first kappa shape index (κ1) is 15.6. The molecule has 0 saturated carbocycles. The molecule has 7 nitrogen and oxygen atoms in total. The maximum absolute atomic E-state index is 12.2. The molecule has 0 unspecified atom stereocenters. The van der Waals surface area contributed by atoms with Crippen molar-refractivity contribution in [3.8, 4) is 5.88 Å². The van der Waals surface area contributed by atoms with Gasteiger partial charge in [0.05, 0.1) is 11.9 Å². The van der Waals surface area contributed by atoms with Crippen molar-refractivity contribution in [3.05, 3.63) is 58.9 Å². The third-order valence-electron chi connectivity index (χ3n) is 4.34. The van der Waals surface area contributed by atoms with Crippen molar-refractivity contribution in [1.82, 2.24) is 19.4 Å². The van der Waals surface area contributed by atoms with E-state index in [0.29, 0.717) is 11.5 Å². The minimum atomic E-state index is -0.0611. The molecule has 128 valence electrons. The zero-order chi connectivity index (χ0) is 17.2. The molecule has 0 amide bonds. The molecule has 1 aliphatic heterocycles. The lowest BCUT2D eigenvalue weighted by Gasteiger charge is -2.32. The van der Waals surface area contributed by atoms with Crippen molar-refractivity contribution in [3.63, 3.8) is 0 Å². The van der Waals surface area contributed by atoms with Gasteiger partial charge in [-0.15, -0.1) is 0 Å². The van der Waals surface area contributed by atoms with Gasteiger partial charge in [-0.25, -0.2) is 9.97 Å². The number of hydrogen-bond donors (Lipinski definition) is 0. The van der Waals surface area contributed by atoms with Gasteiger partial charge in [0.25, 0.3) is 5.56 Å². The lowest BCUT2D eigenvalue weighted by molar-refractivity contribution is 0.163. The monoisotopic (exact) mass is 337 g/mol. The lowest BCUT2D eigenvalue weighted by atomic mass is 10.1. The van der Waals surface area contributed by atoms with Gasteiger partial charge in [0.1, 0.15) is 17.6 Å². The zero-order valence-corrected chi connectivity index (χ0v) is 14.0. The van der Waals surface area contributed by atoms with Crippen LogP contribution in [0.5, 0.6) is 5.88 Å². The van der Waals surface area contributed by atoms with E-state index in [-0.39, 0.29) is 11.7 Å². The van der Waals surface area contributed by atoms with E-state index in [1.807, 2.05) is 25.1 Å². The minimum Gasteiger partial charge on any atom is -0.473 e. The molecular formula is C18H19N5O2. The van der Waals surface area contributed by atoms with E-state index >= 15 is 0 Å². The number of aryl methyl sites for hydroxylation is 1. The third kappa shape index (κ3) is 3.31. The van der Waals surface area contributed by atoms with Crippen LogP contribution in [0.15, 0.2) is 47.7 Å². The number of nitrogens with zero attached hydrogens (tertiary/aromatic N) is 5. The molecule has 0 atom stereocenters. The van der Waals surface area contributed by atoms with Gasteiger partial charge < -0.3 is 9.64 Å². The Morgan fingerprint density at radius 1 is 1.16 bits per heavy atom. The number of ether oxygens (including phenoxy) is 1. The fourth-order valence-electron chi connectivity index (χ4n) is 3.07. The molecule has 0 radical (unpaired) electrons. The predicted octanol–water partition coefficient (Wildman–Crippen LogP) is 1.84. The largest absolute Gasteiger partial charge is 0.473 e. The SMILES string of the molecule is Cc1cncc(OC2CCN(c3cc(=O)n4ccccc4n3)CC2)n1. The quantitative estimate of drug-likeness (QED) is 0.726. The van der Waals surface area contributed by atoms with Gasteiger partial charge in [-0.3, -0.25) is 14.2 Å². The number of anilines is 1. The normalized spacial score (nSPS) is 15.5. The first-order valence-corrected chi connectivity index (χ1v) is 8.38. The fourth-order valence-corrected chi connectivity index (χ4v) is 3.07. The maximum Gasteiger partial charge on any atom is 0.259 e. The van der Waals surface area contributed by atoms with Crippen molar-refractivity contribution in [2.24, 2.45) is 0 Å². The first-order valence-electron chi connectivity index (χ1n) is 8.38. The smallest absolute Gasteiger partial charge is 0.259 e. The molecule has 4 heterocycles. The predicted molar refractivity (Wildman–Crippen MR) is 94.1 cm³/mol. The molecular weight excluding hydrogens is 318 g/mol. The van der Waals surface area contributed by atoms with E-state index in [9.17, 15) is 4.79 Å². The number of piperidine rings is 1. The van der Waals surface area contributed by atoms with E-state index in [0.717, 1.165) is 37.4 Å². The van der Waals surface area contributed by atoms with Crippen LogP contribution < -0.4 is 15.2 Å². The summed E-state index contributed by atoms with van der Waals surface area (Å²) in [6.07, 6.45) is 6.90. The molecule has 0 N–H and O–H groups in total. The van der Waals surface area contributed by atoms with Crippen LogP contribution in [-0.2, 0) is 0 Å². The molecule has 1 saturated heterocycles. The second-order valence-electron chi connectivity index (χ2n) is 6.18. The number of pyridine rings is 1. The second-order valence-corrected chi connectivity index (χ2v) is 6.18. The Kier molecular flexibility index (Phi) is 4.05. The summed E-state index contributed by atoms with van der Waals surface area (Å²) in [6.45, 7) is 3.48. The van der Waals surface area contributed by atoms with E-state index in [4.69, 9.17) is 4.74 Å². The summed E-state index contributed by atoms with van der Waals surface area (Å²) in [5, 5.41) is 0.